The van der Waals surface area contributed by atoms with Crippen molar-refractivity contribution in [1.29, 1.82) is 0 Å². The lowest BCUT2D eigenvalue weighted by molar-refractivity contribution is -0.115. The Balaban J connectivity index is 1.96. The van der Waals surface area contributed by atoms with E-state index < -0.39 is 0 Å². The van der Waals surface area contributed by atoms with Gasteiger partial charge in [0.1, 0.15) is 0 Å². The molecular weight excluding hydrogens is 266 g/mol. The molecule has 1 saturated carbocycles. The Hall–Kier alpha value is -1.27. The first-order valence-electron chi connectivity index (χ1n) is 5.73. The fourth-order valence-electron chi connectivity index (χ4n) is 1.42. The molecule has 0 unspecified atom stereocenters. The molecule has 18 heavy (non-hydrogen) atoms. The van der Waals surface area contributed by atoms with Crippen LogP contribution in [0.15, 0.2) is 29.2 Å². The molecule has 0 bridgehead atoms. The van der Waals surface area contributed by atoms with Crippen molar-refractivity contribution < 1.29 is 4.79 Å². The van der Waals surface area contributed by atoms with E-state index in [4.69, 9.17) is 18.0 Å². The molecule has 0 spiro atoms. The zero-order valence-electron chi connectivity index (χ0n) is 9.81. The van der Waals surface area contributed by atoms with E-state index in [0.717, 1.165) is 10.6 Å². The summed E-state index contributed by atoms with van der Waals surface area (Å²) in [7, 11) is 0. The smallest absolute Gasteiger partial charge is 0.227 e. The van der Waals surface area contributed by atoms with E-state index >= 15 is 0 Å². The lowest BCUT2D eigenvalue weighted by Crippen LogP contribution is -2.30. The Morgan fingerprint density at radius 2 is 2.17 bits per heavy atom. The molecule has 0 saturated heterocycles. The zero-order chi connectivity index (χ0) is 13.0. The monoisotopic (exact) mass is 281 g/mol. The van der Waals surface area contributed by atoms with Gasteiger partial charge in [-0.15, -0.1) is 11.8 Å². The van der Waals surface area contributed by atoms with E-state index in [2.05, 4.69) is 10.6 Å². The number of anilines is 1. The Morgan fingerprint density at radius 3 is 2.83 bits per heavy atom. The number of rotatable bonds is 5. The number of nitrogens with two attached hydrogens (primary N) is 1. The van der Waals surface area contributed by atoms with E-state index in [1.54, 1.807) is 0 Å². The Morgan fingerprint density at radius 1 is 1.44 bits per heavy atom. The molecule has 4 N–H and O–H groups in total. The van der Waals surface area contributed by atoms with Crippen LogP contribution in [0.1, 0.15) is 12.8 Å². The number of carbonyl (C=O) groups is 1. The van der Waals surface area contributed by atoms with Gasteiger partial charge in [-0.25, -0.2) is 0 Å². The maximum atomic E-state index is 10.8. The van der Waals surface area contributed by atoms with Crippen molar-refractivity contribution in [3.63, 3.8) is 0 Å². The van der Waals surface area contributed by atoms with Crippen LogP contribution in [0.2, 0.25) is 0 Å². The Bertz CT molecular complexity index is 460. The second kappa shape index (κ2) is 6.06. The van der Waals surface area contributed by atoms with Gasteiger partial charge in [-0.3, -0.25) is 4.79 Å². The number of thioether (sulfide) groups is 1. The van der Waals surface area contributed by atoms with Crippen molar-refractivity contribution >= 4 is 40.7 Å². The average molecular weight is 281 g/mol. The number of carbonyl (C=O) groups excluding carboxylic acids is 1. The van der Waals surface area contributed by atoms with Gasteiger partial charge in [-0.1, -0.05) is 12.1 Å². The molecule has 0 atom stereocenters. The van der Waals surface area contributed by atoms with Gasteiger partial charge in [-0.05, 0) is 37.2 Å². The second-order valence-corrected chi connectivity index (χ2v) is 5.55. The number of thiocarbonyl (C=S) groups is 1. The van der Waals surface area contributed by atoms with Crippen LogP contribution in [0.25, 0.3) is 0 Å². The minimum absolute atomic E-state index is 0.265. The zero-order valence-corrected chi connectivity index (χ0v) is 11.4. The van der Waals surface area contributed by atoms with Crippen LogP contribution < -0.4 is 16.4 Å². The summed E-state index contributed by atoms with van der Waals surface area (Å²) < 4.78 is 0. The molecule has 1 fully saturated rings. The van der Waals surface area contributed by atoms with Gasteiger partial charge in [0.05, 0.1) is 11.4 Å². The summed E-state index contributed by atoms with van der Waals surface area (Å²) in [6.07, 6.45) is 2.36. The third-order valence-corrected chi connectivity index (χ3v) is 3.73. The van der Waals surface area contributed by atoms with Crippen LogP contribution in [-0.2, 0) is 4.79 Å². The summed E-state index contributed by atoms with van der Waals surface area (Å²) in [6.45, 7) is 0. The molecule has 2 rings (SSSR count). The molecule has 96 valence electrons. The van der Waals surface area contributed by atoms with Gasteiger partial charge in [0, 0.05) is 10.9 Å². The molecule has 0 radical (unpaired) electrons. The summed E-state index contributed by atoms with van der Waals surface area (Å²) >= 11 is 6.63. The van der Waals surface area contributed by atoms with Crippen molar-refractivity contribution in [2.45, 2.75) is 23.8 Å². The fourth-order valence-corrected chi connectivity index (χ4v) is 2.44. The van der Waals surface area contributed by atoms with Crippen LogP contribution in [0.3, 0.4) is 0 Å². The first-order valence-corrected chi connectivity index (χ1v) is 7.12. The van der Waals surface area contributed by atoms with Gasteiger partial charge in [-0.2, -0.15) is 0 Å². The Kier molecular flexibility index (Phi) is 4.43. The molecule has 6 heteroatoms. The van der Waals surface area contributed by atoms with Crippen molar-refractivity contribution in [1.82, 2.24) is 5.32 Å². The summed E-state index contributed by atoms with van der Waals surface area (Å²) in [6, 6.07) is 8.25. The van der Waals surface area contributed by atoms with Gasteiger partial charge in [0.15, 0.2) is 5.11 Å². The molecule has 1 amide bonds. The summed E-state index contributed by atoms with van der Waals surface area (Å²) in [5, 5.41) is 7.00. The first kappa shape index (κ1) is 13.2. The molecule has 1 aromatic carbocycles. The first-order chi connectivity index (χ1) is 8.65. The minimum atomic E-state index is -0.325. The highest BCUT2D eigenvalue weighted by Gasteiger charge is 2.21. The summed E-state index contributed by atoms with van der Waals surface area (Å²) in [5.74, 6) is -0.0601. The topological polar surface area (TPSA) is 67.2 Å². The van der Waals surface area contributed by atoms with Crippen LogP contribution >= 0.6 is 24.0 Å². The number of primary amides is 1. The molecule has 0 aromatic heterocycles. The van der Waals surface area contributed by atoms with Crippen molar-refractivity contribution in [2.75, 3.05) is 11.1 Å². The van der Waals surface area contributed by atoms with E-state index in [1.807, 2.05) is 24.3 Å². The molecule has 0 aliphatic heterocycles. The molecule has 1 aromatic rings. The highest BCUT2D eigenvalue weighted by atomic mass is 32.2. The predicted octanol–water partition coefficient (Wildman–Crippen LogP) is 1.71. The number of amides is 1. The molecule has 1 aliphatic rings. The molecule has 0 heterocycles. The standard InChI is InChI=1S/C12H15N3OS2/c13-11(16)7-18-10-4-2-1-3-9(10)15-12(17)14-8-5-6-8/h1-4,8H,5-7H2,(H2,13,16)(H2,14,15,17). The quantitative estimate of drug-likeness (QED) is 0.566. The third-order valence-electron chi connectivity index (χ3n) is 2.42. The van der Waals surface area contributed by atoms with Crippen molar-refractivity contribution in [3.8, 4) is 0 Å². The number of hydrogen-bond acceptors (Lipinski definition) is 3. The Labute approximate surface area is 116 Å². The highest BCUT2D eigenvalue weighted by molar-refractivity contribution is 8.00. The second-order valence-electron chi connectivity index (χ2n) is 4.12. The highest BCUT2D eigenvalue weighted by Crippen LogP contribution is 2.27. The van der Waals surface area contributed by atoms with Crippen LogP contribution in [0.5, 0.6) is 0 Å². The van der Waals surface area contributed by atoms with Crippen molar-refractivity contribution in [2.24, 2.45) is 5.73 Å². The number of nitrogens with one attached hydrogen (secondary N) is 2. The van der Waals surface area contributed by atoms with Gasteiger partial charge in [0.25, 0.3) is 0 Å². The third kappa shape index (κ3) is 4.19. The van der Waals surface area contributed by atoms with Crippen molar-refractivity contribution in [3.05, 3.63) is 24.3 Å². The average Bonchev–Trinajstić information content (AvgIpc) is 3.11. The number of benzene rings is 1. The van der Waals surface area contributed by atoms with Gasteiger partial charge >= 0.3 is 0 Å². The van der Waals surface area contributed by atoms with E-state index in [-0.39, 0.29) is 11.7 Å². The predicted molar refractivity (Wildman–Crippen MR) is 78.7 cm³/mol. The molecule has 4 nitrogen and oxygen atoms in total. The lowest BCUT2D eigenvalue weighted by atomic mass is 10.3. The minimum Gasteiger partial charge on any atom is -0.369 e. The van der Waals surface area contributed by atoms with Crippen LogP contribution in [-0.4, -0.2) is 22.8 Å². The van der Waals surface area contributed by atoms with Gasteiger partial charge < -0.3 is 16.4 Å². The van der Waals surface area contributed by atoms with E-state index in [1.165, 1.54) is 24.6 Å². The van der Waals surface area contributed by atoms with Crippen LogP contribution in [0, 0.1) is 0 Å². The SMILES string of the molecule is NC(=O)CSc1ccccc1NC(=S)NC1CC1. The van der Waals surface area contributed by atoms with Crippen LogP contribution in [0.4, 0.5) is 5.69 Å². The molecule has 1 aliphatic carbocycles. The largest absolute Gasteiger partial charge is 0.369 e. The van der Waals surface area contributed by atoms with E-state index in [9.17, 15) is 4.79 Å². The number of para-hydroxylation sites is 1. The van der Waals surface area contributed by atoms with Gasteiger partial charge in [0.2, 0.25) is 5.91 Å². The van der Waals surface area contributed by atoms with E-state index in [0.29, 0.717) is 11.2 Å². The fraction of sp³-hybridized carbons (Fsp3) is 0.333. The lowest BCUT2D eigenvalue weighted by Gasteiger charge is -2.12. The number of hydrogen-bond donors (Lipinski definition) is 3. The summed E-state index contributed by atoms with van der Waals surface area (Å²) in [5.41, 5.74) is 6.05. The molecular formula is C12H15N3OS2. The normalized spacial score (nSPS) is 14.0. The maximum Gasteiger partial charge on any atom is 0.227 e. The maximum absolute atomic E-state index is 10.8. The summed E-state index contributed by atoms with van der Waals surface area (Å²) in [4.78, 5) is 11.8.